The number of methoxy groups -OCH3 is 1. The van der Waals surface area contributed by atoms with Gasteiger partial charge in [-0.2, -0.15) is 0 Å². The predicted molar refractivity (Wildman–Crippen MR) is 68.1 cm³/mol. The van der Waals surface area contributed by atoms with Crippen molar-refractivity contribution in [3.8, 4) is 5.75 Å². The molecule has 1 aromatic rings. The fourth-order valence-electron chi connectivity index (χ4n) is 2.71. The molecule has 18 heavy (non-hydrogen) atoms. The third-order valence-corrected chi connectivity index (χ3v) is 4.64. The van der Waals surface area contributed by atoms with Crippen molar-refractivity contribution >= 4 is 11.6 Å². The van der Waals surface area contributed by atoms with E-state index in [1.165, 1.54) is 19.2 Å². The van der Waals surface area contributed by atoms with Crippen LogP contribution >= 0.6 is 11.6 Å². The van der Waals surface area contributed by atoms with Gasteiger partial charge in [0, 0.05) is 17.7 Å². The maximum Gasteiger partial charge on any atom is 0.134 e. The second kappa shape index (κ2) is 5.04. The number of halogens is 3. The molecule has 1 nitrogen and oxygen atoms in total. The van der Waals surface area contributed by atoms with Crippen LogP contribution in [0, 0.1) is 17.0 Å². The van der Waals surface area contributed by atoms with Gasteiger partial charge in [-0.05, 0) is 18.3 Å². The van der Waals surface area contributed by atoms with Crippen molar-refractivity contribution in [3.05, 3.63) is 29.3 Å². The van der Waals surface area contributed by atoms with Crippen LogP contribution in [-0.2, 0) is 0 Å². The predicted octanol–water partition coefficient (Wildman–Crippen LogP) is 4.83. The summed E-state index contributed by atoms with van der Waals surface area (Å²) in [5, 5.41) is -0.633. The van der Waals surface area contributed by atoms with Gasteiger partial charge in [0.25, 0.3) is 0 Å². The summed E-state index contributed by atoms with van der Waals surface area (Å²) in [6, 6.07) is 2.37. The minimum atomic E-state index is -0.633. The Balaban J connectivity index is 2.38. The number of hydrogen-bond donors (Lipinski definition) is 0. The second-order valence-electron chi connectivity index (χ2n) is 5.23. The van der Waals surface area contributed by atoms with E-state index in [0.29, 0.717) is 0 Å². The SMILES string of the molecule is COc1cc(F)c(C(Cl)C2(C)CCCC2)c(F)c1. The maximum absolute atomic E-state index is 14.0. The molecule has 1 unspecified atom stereocenters. The van der Waals surface area contributed by atoms with Crippen LogP contribution in [0.5, 0.6) is 5.75 Å². The summed E-state index contributed by atoms with van der Waals surface area (Å²) in [5.41, 5.74) is -0.250. The van der Waals surface area contributed by atoms with Crippen molar-refractivity contribution in [1.29, 1.82) is 0 Å². The van der Waals surface area contributed by atoms with Crippen molar-refractivity contribution in [2.24, 2.45) is 5.41 Å². The van der Waals surface area contributed by atoms with Gasteiger partial charge < -0.3 is 4.74 Å². The van der Waals surface area contributed by atoms with Crippen LogP contribution in [0.15, 0.2) is 12.1 Å². The van der Waals surface area contributed by atoms with Crippen LogP contribution in [0.2, 0.25) is 0 Å². The molecular formula is C14H17ClF2O. The summed E-state index contributed by atoms with van der Waals surface area (Å²) in [7, 11) is 1.38. The van der Waals surface area contributed by atoms with Gasteiger partial charge in [0.05, 0.1) is 12.5 Å². The van der Waals surface area contributed by atoms with Gasteiger partial charge in [0.2, 0.25) is 0 Å². The molecule has 1 aliphatic carbocycles. The zero-order valence-corrected chi connectivity index (χ0v) is 11.4. The smallest absolute Gasteiger partial charge is 0.134 e. The molecule has 0 bridgehead atoms. The molecule has 1 atom stereocenters. The van der Waals surface area contributed by atoms with Crippen molar-refractivity contribution in [1.82, 2.24) is 0 Å². The van der Waals surface area contributed by atoms with Crippen molar-refractivity contribution in [2.75, 3.05) is 7.11 Å². The van der Waals surface area contributed by atoms with Crippen LogP contribution in [0.1, 0.15) is 43.5 Å². The van der Waals surface area contributed by atoms with Crippen LogP contribution in [0.3, 0.4) is 0 Å². The highest BCUT2D eigenvalue weighted by atomic mass is 35.5. The van der Waals surface area contributed by atoms with Gasteiger partial charge in [-0.3, -0.25) is 0 Å². The maximum atomic E-state index is 14.0. The second-order valence-corrected chi connectivity index (χ2v) is 5.66. The Kier molecular flexibility index (Phi) is 3.81. The summed E-state index contributed by atoms with van der Waals surface area (Å²) < 4.78 is 32.8. The lowest BCUT2D eigenvalue weighted by Crippen LogP contribution is -2.20. The molecule has 0 radical (unpaired) electrons. The Morgan fingerprint density at radius 2 is 1.72 bits per heavy atom. The number of hydrogen-bond acceptors (Lipinski definition) is 1. The fourth-order valence-corrected chi connectivity index (χ4v) is 3.13. The zero-order valence-electron chi connectivity index (χ0n) is 10.6. The Bertz CT molecular complexity index is 418. The standard InChI is InChI=1S/C14H17ClF2O/c1-14(5-3-4-6-14)13(15)12-10(16)7-9(18-2)8-11(12)17/h7-8,13H,3-6H2,1-2H3. The van der Waals surface area contributed by atoms with E-state index >= 15 is 0 Å². The molecule has 1 fully saturated rings. The van der Waals surface area contributed by atoms with Gasteiger partial charge in [-0.1, -0.05) is 19.8 Å². The van der Waals surface area contributed by atoms with Crippen LogP contribution in [-0.4, -0.2) is 7.11 Å². The summed E-state index contributed by atoms with van der Waals surface area (Å²) >= 11 is 6.34. The third kappa shape index (κ3) is 2.33. The summed E-state index contributed by atoms with van der Waals surface area (Å²) in [5.74, 6) is -1.07. The Hall–Kier alpha value is -0.830. The first-order valence-corrected chi connectivity index (χ1v) is 6.58. The number of rotatable bonds is 3. The molecule has 0 spiro atoms. The lowest BCUT2D eigenvalue weighted by molar-refractivity contribution is 0.309. The lowest BCUT2D eigenvalue weighted by Gasteiger charge is -2.30. The molecule has 2 rings (SSSR count). The van der Waals surface area contributed by atoms with Crippen molar-refractivity contribution < 1.29 is 13.5 Å². The third-order valence-electron chi connectivity index (χ3n) is 3.90. The Morgan fingerprint density at radius 1 is 1.22 bits per heavy atom. The minimum Gasteiger partial charge on any atom is -0.497 e. The van der Waals surface area contributed by atoms with E-state index < -0.39 is 17.0 Å². The van der Waals surface area contributed by atoms with E-state index in [2.05, 4.69) is 0 Å². The van der Waals surface area contributed by atoms with E-state index in [0.717, 1.165) is 25.7 Å². The molecule has 0 amide bonds. The molecule has 0 aliphatic heterocycles. The number of alkyl halides is 1. The van der Waals surface area contributed by atoms with E-state index in [1.54, 1.807) is 0 Å². The first kappa shape index (κ1) is 13.6. The van der Waals surface area contributed by atoms with Gasteiger partial charge in [0.1, 0.15) is 17.4 Å². The minimum absolute atomic E-state index is 0.0260. The highest BCUT2D eigenvalue weighted by Gasteiger charge is 2.39. The van der Waals surface area contributed by atoms with Crippen LogP contribution in [0.4, 0.5) is 8.78 Å². The fraction of sp³-hybridized carbons (Fsp3) is 0.571. The van der Waals surface area contributed by atoms with E-state index in [4.69, 9.17) is 16.3 Å². The molecule has 0 aromatic heterocycles. The van der Waals surface area contributed by atoms with Gasteiger partial charge in [-0.15, -0.1) is 11.6 Å². The van der Waals surface area contributed by atoms with E-state index in [-0.39, 0.29) is 16.7 Å². The normalized spacial score (nSPS) is 19.8. The highest BCUT2D eigenvalue weighted by Crippen LogP contribution is 2.51. The molecule has 1 saturated carbocycles. The molecule has 4 heteroatoms. The first-order valence-electron chi connectivity index (χ1n) is 6.15. The van der Waals surface area contributed by atoms with E-state index in [9.17, 15) is 8.78 Å². The van der Waals surface area contributed by atoms with Gasteiger partial charge >= 0.3 is 0 Å². The van der Waals surface area contributed by atoms with Gasteiger partial charge in [-0.25, -0.2) is 8.78 Å². The Labute approximate surface area is 111 Å². The molecule has 1 aliphatic rings. The summed E-state index contributed by atoms with van der Waals surface area (Å²) in [6.45, 7) is 2.00. The average Bonchev–Trinajstić information content (AvgIpc) is 2.76. The molecule has 0 heterocycles. The Morgan fingerprint density at radius 3 is 2.17 bits per heavy atom. The van der Waals surface area contributed by atoms with Crippen LogP contribution < -0.4 is 4.74 Å². The lowest BCUT2D eigenvalue weighted by atomic mass is 9.81. The van der Waals surface area contributed by atoms with E-state index in [1.807, 2.05) is 6.92 Å². The molecule has 100 valence electrons. The zero-order chi connectivity index (χ0) is 13.3. The van der Waals surface area contributed by atoms with Gasteiger partial charge in [0.15, 0.2) is 0 Å². The topological polar surface area (TPSA) is 9.23 Å². The molecular weight excluding hydrogens is 258 g/mol. The largest absolute Gasteiger partial charge is 0.497 e. The van der Waals surface area contributed by atoms with Crippen molar-refractivity contribution in [3.63, 3.8) is 0 Å². The average molecular weight is 275 g/mol. The summed E-state index contributed by atoms with van der Waals surface area (Å²) in [6.07, 6.45) is 3.95. The molecule has 0 saturated heterocycles. The number of ether oxygens (including phenoxy) is 1. The molecule has 0 N–H and O–H groups in total. The highest BCUT2D eigenvalue weighted by molar-refractivity contribution is 6.21. The molecule has 1 aromatic carbocycles. The van der Waals surface area contributed by atoms with Crippen LogP contribution in [0.25, 0.3) is 0 Å². The number of benzene rings is 1. The first-order chi connectivity index (χ1) is 8.48. The monoisotopic (exact) mass is 274 g/mol. The summed E-state index contributed by atoms with van der Waals surface area (Å²) in [4.78, 5) is 0. The van der Waals surface area contributed by atoms with Crippen molar-refractivity contribution in [2.45, 2.75) is 38.0 Å². The quantitative estimate of drug-likeness (QED) is 0.717.